The van der Waals surface area contributed by atoms with Crippen LogP contribution in [-0.2, 0) is 27.4 Å². The fourth-order valence-corrected chi connectivity index (χ4v) is 3.90. The first-order chi connectivity index (χ1) is 13.7. The normalized spacial score (nSPS) is 19.9. The van der Waals surface area contributed by atoms with E-state index in [9.17, 15) is 9.18 Å². The molecule has 152 valence electrons. The number of carbonyl (C=O) groups is 1. The molecule has 1 aromatic carbocycles. The van der Waals surface area contributed by atoms with Gasteiger partial charge >= 0.3 is 0 Å². The van der Waals surface area contributed by atoms with Crippen LogP contribution in [0.4, 0.5) is 4.39 Å². The van der Waals surface area contributed by atoms with Crippen LogP contribution in [0.15, 0.2) is 24.4 Å². The maximum Gasteiger partial charge on any atom is 0.253 e. The molecule has 4 rings (SSSR count). The molecule has 1 saturated carbocycles. The monoisotopic (exact) mass is 389 g/mol. The maximum absolute atomic E-state index is 13.9. The van der Waals surface area contributed by atoms with Crippen LogP contribution >= 0.6 is 0 Å². The Bertz CT molecular complexity index is 828. The summed E-state index contributed by atoms with van der Waals surface area (Å²) in [4.78, 5) is 15.0. The highest BCUT2D eigenvalue weighted by atomic mass is 19.1. The van der Waals surface area contributed by atoms with Gasteiger partial charge < -0.3 is 24.3 Å². The van der Waals surface area contributed by atoms with Gasteiger partial charge in [-0.05, 0) is 43.0 Å². The summed E-state index contributed by atoms with van der Waals surface area (Å²) in [5.41, 5.74) is 1.92. The van der Waals surface area contributed by atoms with E-state index in [2.05, 4.69) is 16.1 Å². The molecule has 0 bridgehead atoms. The summed E-state index contributed by atoms with van der Waals surface area (Å²) in [5.74, 6) is -0.195. The number of nitrogens with zero attached hydrogens (tertiary/aromatic N) is 2. The molecule has 1 aliphatic heterocycles. The summed E-state index contributed by atoms with van der Waals surface area (Å²) in [5, 5.41) is 4.23. The predicted molar refractivity (Wildman–Crippen MR) is 105 cm³/mol. The van der Waals surface area contributed by atoms with E-state index >= 15 is 0 Å². The molecule has 0 radical (unpaired) electrons. The van der Waals surface area contributed by atoms with Crippen LogP contribution in [-0.4, -0.2) is 60.9 Å². The van der Waals surface area contributed by atoms with E-state index in [1.165, 1.54) is 6.07 Å². The third-order valence-electron chi connectivity index (χ3n) is 5.49. The molecule has 1 aliphatic carbocycles. The van der Waals surface area contributed by atoms with Crippen LogP contribution in [0.5, 0.6) is 0 Å². The van der Waals surface area contributed by atoms with Crippen molar-refractivity contribution >= 4 is 16.8 Å². The number of rotatable bonds is 8. The van der Waals surface area contributed by atoms with Crippen molar-refractivity contribution < 1.29 is 18.7 Å². The van der Waals surface area contributed by atoms with Gasteiger partial charge in [-0.3, -0.25) is 4.79 Å². The highest BCUT2D eigenvalue weighted by Crippen LogP contribution is 2.32. The van der Waals surface area contributed by atoms with Crippen LogP contribution in [0.1, 0.15) is 24.8 Å². The van der Waals surface area contributed by atoms with Gasteiger partial charge in [-0.15, -0.1) is 0 Å². The van der Waals surface area contributed by atoms with Crippen molar-refractivity contribution in [2.75, 3.05) is 33.4 Å². The lowest BCUT2D eigenvalue weighted by Gasteiger charge is -2.30. The minimum atomic E-state index is -0.415. The second-order valence-corrected chi connectivity index (χ2v) is 7.62. The molecule has 6 nitrogen and oxygen atoms in total. The number of aromatic nitrogens is 1. The fraction of sp³-hybridized carbons (Fsp3) is 0.571. The zero-order chi connectivity index (χ0) is 19.5. The van der Waals surface area contributed by atoms with Crippen LogP contribution in [0.3, 0.4) is 0 Å². The van der Waals surface area contributed by atoms with Crippen LogP contribution in [0.25, 0.3) is 10.9 Å². The quantitative estimate of drug-likeness (QED) is 0.704. The Kier molecular flexibility index (Phi) is 5.94. The number of ether oxygens (including phenoxy) is 2. The van der Waals surface area contributed by atoms with Gasteiger partial charge in [0.15, 0.2) is 0 Å². The van der Waals surface area contributed by atoms with Gasteiger partial charge in [-0.1, -0.05) is 0 Å². The van der Waals surface area contributed by atoms with Crippen molar-refractivity contribution in [2.45, 2.75) is 44.5 Å². The molecular formula is C21H28FN3O3. The summed E-state index contributed by atoms with van der Waals surface area (Å²) in [6.07, 6.45) is 4.56. The first-order valence-corrected chi connectivity index (χ1v) is 10.1. The molecule has 1 aromatic heterocycles. The zero-order valence-electron chi connectivity index (χ0n) is 16.3. The van der Waals surface area contributed by atoms with Gasteiger partial charge in [0, 0.05) is 57.5 Å². The number of amides is 1. The molecule has 1 amide bonds. The summed E-state index contributed by atoms with van der Waals surface area (Å²) < 4.78 is 26.8. The van der Waals surface area contributed by atoms with Gasteiger partial charge in [0.1, 0.15) is 11.9 Å². The Morgan fingerprint density at radius 3 is 3.00 bits per heavy atom. The van der Waals surface area contributed by atoms with Gasteiger partial charge in [-0.2, -0.15) is 0 Å². The molecule has 2 heterocycles. The minimum Gasteiger partial charge on any atom is -0.385 e. The molecule has 2 fully saturated rings. The molecule has 0 unspecified atom stereocenters. The first kappa shape index (κ1) is 19.4. The lowest BCUT2D eigenvalue weighted by atomic mass is 10.1. The van der Waals surface area contributed by atoms with E-state index in [0.717, 1.165) is 48.8 Å². The lowest BCUT2D eigenvalue weighted by molar-refractivity contribution is -0.146. The Labute approximate surface area is 164 Å². The number of carbonyl (C=O) groups excluding carboxylic acids is 1. The van der Waals surface area contributed by atoms with Gasteiger partial charge in [-0.25, -0.2) is 4.39 Å². The number of morpholine rings is 1. The van der Waals surface area contributed by atoms with Gasteiger partial charge in [0.25, 0.3) is 5.91 Å². The molecule has 7 heteroatoms. The summed E-state index contributed by atoms with van der Waals surface area (Å²) in [7, 11) is 1.68. The van der Waals surface area contributed by atoms with E-state index in [1.54, 1.807) is 13.2 Å². The number of hydrogen-bond donors (Lipinski definition) is 1. The highest BCUT2D eigenvalue weighted by Gasteiger charge is 2.37. The van der Waals surface area contributed by atoms with Crippen molar-refractivity contribution in [3.8, 4) is 0 Å². The van der Waals surface area contributed by atoms with E-state index < -0.39 is 6.10 Å². The second kappa shape index (κ2) is 8.59. The average Bonchev–Trinajstić information content (AvgIpc) is 3.50. The fourth-order valence-electron chi connectivity index (χ4n) is 3.90. The Hall–Kier alpha value is -1.96. The van der Waals surface area contributed by atoms with Crippen molar-refractivity contribution in [2.24, 2.45) is 0 Å². The summed E-state index contributed by atoms with van der Waals surface area (Å²) in [6, 6.07) is 5.16. The molecule has 2 aromatic rings. The van der Waals surface area contributed by atoms with Gasteiger partial charge in [0.2, 0.25) is 0 Å². The first-order valence-electron chi connectivity index (χ1n) is 10.1. The highest BCUT2D eigenvalue weighted by molar-refractivity contribution is 5.86. The van der Waals surface area contributed by atoms with Crippen molar-refractivity contribution in [3.63, 3.8) is 0 Å². The largest absolute Gasteiger partial charge is 0.385 e. The zero-order valence-corrected chi connectivity index (χ0v) is 16.3. The van der Waals surface area contributed by atoms with Crippen molar-refractivity contribution in [3.05, 3.63) is 35.8 Å². The Morgan fingerprint density at radius 1 is 1.43 bits per heavy atom. The third kappa shape index (κ3) is 4.21. The smallest absolute Gasteiger partial charge is 0.253 e. The SMILES string of the molecule is COCCCn1cc(CN(C(=O)[C@H]2CNCCO2)C2CC2)c2ccc(F)cc21. The van der Waals surface area contributed by atoms with E-state index in [1.807, 2.05) is 11.0 Å². The topological polar surface area (TPSA) is 55.7 Å². The molecule has 2 aliphatic rings. The van der Waals surface area contributed by atoms with Crippen LogP contribution in [0, 0.1) is 5.82 Å². The number of halogens is 1. The number of methoxy groups -OCH3 is 1. The number of benzene rings is 1. The molecule has 1 N–H and O–H groups in total. The average molecular weight is 389 g/mol. The Morgan fingerprint density at radius 2 is 2.29 bits per heavy atom. The summed E-state index contributed by atoms with van der Waals surface area (Å²) in [6.45, 7) is 3.85. The number of aryl methyl sites for hydroxylation is 1. The lowest BCUT2D eigenvalue weighted by Crippen LogP contribution is -2.49. The number of fused-ring (bicyclic) bond motifs is 1. The van der Waals surface area contributed by atoms with E-state index in [0.29, 0.717) is 26.3 Å². The molecular weight excluding hydrogens is 361 g/mol. The number of hydrogen-bond acceptors (Lipinski definition) is 4. The second-order valence-electron chi connectivity index (χ2n) is 7.62. The molecule has 1 saturated heterocycles. The minimum absolute atomic E-state index is 0.0529. The van der Waals surface area contributed by atoms with E-state index in [4.69, 9.17) is 9.47 Å². The van der Waals surface area contributed by atoms with Crippen LogP contribution < -0.4 is 5.32 Å². The van der Waals surface area contributed by atoms with Crippen molar-refractivity contribution in [1.82, 2.24) is 14.8 Å². The van der Waals surface area contributed by atoms with Gasteiger partial charge in [0.05, 0.1) is 12.1 Å². The standard InChI is InChI=1S/C21H28FN3O3/c1-27-9-2-8-24-13-15(18-6-3-16(22)11-19(18)24)14-25(17-4-5-17)21(26)20-12-23-7-10-28-20/h3,6,11,13,17,20,23H,2,4-5,7-10,12,14H2,1H3/t20-/m1/s1. The summed E-state index contributed by atoms with van der Waals surface area (Å²) >= 11 is 0. The molecule has 28 heavy (non-hydrogen) atoms. The van der Waals surface area contributed by atoms with Crippen LogP contribution in [0.2, 0.25) is 0 Å². The maximum atomic E-state index is 13.9. The molecule has 1 atom stereocenters. The molecule has 0 spiro atoms. The Balaban J connectivity index is 1.59. The van der Waals surface area contributed by atoms with Crippen molar-refractivity contribution in [1.29, 1.82) is 0 Å². The number of nitrogens with one attached hydrogen (secondary N) is 1. The predicted octanol–water partition coefficient (Wildman–Crippen LogP) is 2.30. The van der Waals surface area contributed by atoms with E-state index in [-0.39, 0.29) is 17.8 Å². The third-order valence-corrected chi connectivity index (χ3v) is 5.49.